The molecule has 0 aliphatic carbocycles. The Morgan fingerprint density at radius 3 is 1.73 bits per heavy atom. The van der Waals surface area contributed by atoms with Crippen LogP contribution in [0.15, 0.2) is 0 Å². The third-order valence-corrected chi connectivity index (χ3v) is 0.821. The molecule has 0 heterocycles. The van der Waals surface area contributed by atoms with Crippen LogP contribution in [0.3, 0.4) is 0 Å². The van der Waals surface area contributed by atoms with Crippen molar-refractivity contribution in [1.82, 2.24) is 0 Å². The zero-order chi connectivity index (χ0) is 16.4. The Balaban J connectivity index is 5.77. The summed E-state index contributed by atoms with van der Waals surface area (Å²) in [5.41, 5.74) is 0. The molecule has 0 aromatic heterocycles. The molecule has 0 saturated carbocycles. The van der Waals surface area contributed by atoms with Crippen LogP contribution in [0.25, 0.3) is 0 Å². The number of carbonyl (C=O) groups is 3. The Labute approximate surface area is 94.5 Å². The van der Waals surface area contributed by atoms with Crippen molar-refractivity contribution >= 4 is 17.9 Å². The molecule has 0 aromatic carbocycles. The van der Waals surface area contributed by atoms with Gasteiger partial charge in [0.15, 0.2) is 6.08 Å². The Bertz CT molecular complexity index is 393. The molecule has 6 nitrogen and oxygen atoms in total. The molecule has 0 fully saturated rings. The van der Waals surface area contributed by atoms with Crippen molar-refractivity contribution < 1.29 is 35.4 Å². The lowest BCUT2D eigenvalue weighted by Crippen LogP contribution is -2.29. The van der Waals surface area contributed by atoms with Crippen LogP contribution in [0, 0.1) is 0 Å². The van der Waals surface area contributed by atoms with E-state index in [0.29, 0.717) is 0 Å². The van der Waals surface area contributed by atoms with Gasteiger partial charge in [0, 0.05) is 20.8 Å². The largest absolute Gasteiger partial charge is 0.462 e. The zero-order valence-corrected chi connectivity index (χ0v) is 8.45. The molecule has 6 heteroatoms. The first-order valence-electron chi connectivity index (χ1n) is 6.34. The van der Waals surface area contributed by atoms with E-state index in [9.17, 15) is 14.4 Å². The van der Waals surface area contributed by atoms with Gasteiger partial charge in [0.25, 0.3) is 0 Å². The van der Waals surface area contributed by atoms with Crippen LogP contribution >= 0.6 is 0 Å². The summed E-state index contributed by atoms with van der Waals surface area (Å²) in [6.07, 6.45) is -3.44. The zero-order valence-electron chi connectivity index (χ0n) is 13.4. The van der Waals surface area contributed by atoms with Crippen LogP contribution in [-0.4, -0.2) is 37.1 Å². The first kappa shape index (κ1) is 6.81. The molecule has 86 valence electrons. The van der Waals surface area contributed by atoms with Gasteiger partial charge in [0.2, 0.25) is 0 Å². The van der Waals surface area contributed by atoms with Gasteiger partial charge < -0.3 is 14.2 Å². The average Bonchev–Trinajstić information content (AvgIpc) is 2.10. The number of esters is 3. The summed E-state index contributed by atoms with van der Waals surface area (Å²) in [4.78, 5) is 32.6. The predicted molar refractivity (Wildman–Crippen MR) is 48.8 cm³/mol. The highest BCUT2D eigenvalue weighted by molar-refractivity contribution is 5.67. The third-order valence-electron chi connectivity index (χ3n) is 0.821. The first-order valence-corrected chi connectivity index (χ1v) is 3.84. The number of hydrogen-bond acceptors (Lipinski definition) is 6. The average molecular weight is 223 g/mol. The molecular formula is C9H14O6. The minimum atomic E-state index is -3.44. The van der Waals surface area contributed by atoms with Crippen LogP contribution in [0.2, 0.25) is 0 Å². The molecule has 0 radical (unpaired) electrons. The Morgan fingerprint density at radius 2 is 1.47 bits per heavy atom. The fraction of sp³-hybridized carbons (Fsp3) is 0.667. The van der Waals surface area contributed by atoms with Crippen LogP contribution in [0.4, 0.5) is 0 Å². The van der Waals surface area contributed by atoms with Gasteiger partial charge in [-0.25, -0.2) is 0 Å². The molecule has 0 bridgehead atoms. The second-order valence-corrected chi connectivity index (χ2v) is 2.31. The van der Waals surface area contributed by atoms with Gasteiger partial charge in [0.1, 0.15) is 13.1 Å². The van der Waals surface area contributed by atoms with E-state index in [1.807, 2.05) is 0 Å². The van der Waals surface area contributed by atoms with Gasteiger partial charge >= 0.3 is 17.9 Å². The highest BCUT2D eigenvalue weighted by Gasteiger charge is 2.15. The lowest BCUT2D eigenvalue weighted by molar-refractivity contribution is -0.163. The molecule has 0 aromatic rings. The summed E-state index contributed by atoms with van der Waals surface area (Å²) in [6.45, 7) is -4.38. The molecule has 0 unspecified atom stereocenters. The van der Waals surface area contributed by atoms with E-state index >= 15 is 0 Å². The third kappa shape index (κ3) is 8.73. The molecule has 0 atom stereocenters. The molecule has 0 rings (SSSR count). The van der Waals surface area contributed by atoms with Crippen molar-refractivity contribution in [2.24, 2.45) is 0 Å². The molecule has 15 heavy (non-hydrogen) atoms. The molecule has 0 spiro atoms. The van der Waals surface area contributed by atoms with Crippen LogP contribution in [0.1, 0.15) is 27.6 Å². The standard InChI is InChI=1S/C9H14O6/c1-6(10)13-4-9(15-8(3)12)5-14-7(2)11/h9H,4-5H2,1-3H3/i4D2,5D2,9D. The topological polar surface area (TPSA) is 78.9 Å². The van der Waals surface area contributed by atoms with E-state index in [1.165, 1.54) is 0 Å². The van der Waals surface area contributed by atoms with E-state index in [-0.39, 0.29) is 0 Å². The summed E-state index contributed by atoms with van der Waals surface area (Å²) >= 11 is 0. The molecule has 0 amide bonds. The molecule has 0 N–H and O–H groups in total. The van der Waals surface area contributed by atoms with Crippen LogP contribution in [-0.2, 0) is 28.6 Å². The van der Waals surface area contributed by atoms with E-state index in [1.54, 1.807) is 0 Å². The number of carbonyl (C=O) groups excluding carboxylic acids is 3. The fourth-order valence-electron chi connectivity index (χ4n) is 0.443. The Hall–Kier alpha value is -1.59. The van der Waals surface area contributed by atoms with E-state index in [0.717, 1.165) is 20.8 Å². The number of ether oxygens (including phenoxy) is 3. The number of rotatable bonds is 5. The molecule has 0 aliphatic rings. The van der Waals surface area contributed by atoms with Crippen molar-refractivity contribution in [1.29, 1.82) is 0 Å². The van der Waals surface area contributed by atoms with Crippen molar-refractivity contribution in [3.63, 3.8) is 0 Å². The summed E-state index contributed by atoms with van der Waals surface area (Å²) < 4.78 is 50.1. The Morgan fingerprint density at radius 1 is 1.07 bits per heavy atom. The smallest absolute Gasteiger partial charge is 0.303 e. The molecule has 0 saturated heterocycles. The van der Waals surface area contributed by atoms with Crippen molar-refractivity contribution in [2.75, 3.05) is 13.1 Å². The second-order valence-electron chi connectivity index (χ2n) is 2.31. The summed E-state index contributed by atoms with van der Waals surface area (Å²) in [5, 5.41) is 0. The summed E-state index contributed by atoms with van der Waals surface area (Å²) in [6, 6.07) is 0. The monoisotopic (exact) mass is 223 g/mol. The van der Waals surface area contributed by atoms with Crippen molar-refractivity contribution in [2.45, 2.75) is 26.9 Å². The number of hydrogen-bond donors (Lipinski definition) is 0. The van der Waals surface area contributed by atoms with Gasteiger partial charge in [-0.3, -0.25) is 14.4 Å². The highest BCUT2D eigenvalue weighted by atomic mass is 16.6. The van der Waals surface area contributed by atoms with Crippen LogP contribution < -0.4 is 0 Å². The minimum Gasteiger partial charge on any atom is -0.462 e. The molecular weight excluding hydrogens is 204 g/mol. The van der Waals surface area contributed by atoms with Gasteiger partial charge in [0.05, 0.1) is 6.85 Å². The molecule has 0 aliphatic heterocycles. The lowest BCUT2D eigenvalue weighted by Gasteiger charge is -2.15. The SMILES string of the molecule is [2H]C([2H])(OC(C)=O)C([2H])(OC(C)=O)C([2H])([2H])OC(C)=O. The van der Waals surface area contributed by atoms with Gasteiger partial charge in [-0.05, 0) is 0 Å². The van der Waals surface area contributed by atoms with Crippen molar-refractivity contribution in [3.8, 4) is 0 Å². The summed E-state index contributed by atoms with van der Waals surface area (Å²) in [7, 11) is 0. The second kappa shape index (κ2) is 6.80. The fourth-order valence-corrected chi connectivity index (χ4v) is 0.443. The van der Waals surface area contributed by atoms with Gasteiger partial charge in [-0.2, -0.15) is 0 Å². The van der Waals surface area contributed by atoms with Gasteiger partial charge in [-0.15, -0.1) is 0 Å². The quantitative estimate of drug-likeness (QED) is 0.484. The highest BCUT2D eigenvalue weighted by Crippen LogP contribution is 1.97. The normalized spacial score (nSPS) is 17.1. The maximum Gasteiger partial charge on any atom is 0.303 e. The predicted octanol–water partition coefficient (Wildman–Crippen LogP) is 0.0443. The van der Waals surface area contributed by atoms with Gasteiger partial charge in [-0.1, -0.05) is 0 Å². The van der Waals surface area contributed by atoms with Crippen LogP contribution in [0.5, 0.6) is 0 Å². The maximum absolute atomic E-state index is 11.0. The summed E-state index contributed by atoms with van der Waals surface area (Å²) in [5.74, 6) is -3.60. The van der Waals surface area contributed by atoms with E-state index < -0.39 is 37.1 Å². The maximum atomic E-state index is 11.0. The van der Waals surface area contributed by atoms with E-state index in [2.05, 4.69) is 14.2 Å². The van der Waals surface area contributed by atoms with E-state index in [4.69, 9.17) is 6.85 Å². The first-order chi connectivity index (χ1) is 8.75. The Kier molecular flexibility index (Phi) is 3.09. The lowest BCUT2D eigenvalue weighted by atomic mass is 10.4. The van der Waals surface area contributed by atoms with Crippen molar-refractivity contribution in [3.05, 3.63) is 0 Å². The minimum absolute atomic E-state index is 0.789.